The molecule has 0 amide bonds. The fourth-order valence-corrected chi connectivity index (χ4v) is 1.38. The van der Waals surface area contributed by atoms with E-state index in [2.05, 4.69) is 0 Å². The minimum Gasteiger partial charge on any atom is -0.495 e. The Morgan fingerprint density at radius 2 is 2.29 bits per heavy atom. The zero-order valence-corrected chi connectivity index (χ0v) is 8.28. The first-order valence-corrected chi connectivity index (χ1v) is 4.26. The number of aliphatic carboxylic acids is 1. The van der Waals surface area contributed by atoms with E-state index in [9.17, 15) is 4.79 Å². The molecule has 0 unspecified atom stereocenters. The maximum Gasteiger partial charge on any atom is 0.325 e. The monoisotopic (exact) mass is 215 g/mol. The zero-order valence-electron chi connectivity index (χ0n) is 7.53. The second-order valence-corrected chi connectivity index (χ2v) is 3.06. The average molecular weight is 216 g/mol. The van der Waals surface area contributed by atoms with Gasteiger partial charge in [0.15, 0.2) is 0 Å². The highest BCUT2D eigenvalue weighted by Crippen LogP contribution is 2.30. The molecule has 0 saturated heterocycles. The highest BCUT2D eigenvalue weighted by molar-refractivity contribution is 6.33. The van der Waals surface area contributed by atoms with Crippen LogP contribution in [0.2, 0.25) is 5.02 Å². The molecule has 1 aromatic rings. The van der Waals surface area contributed by atoms with E-state index in [-0.39, 0.29) is 5.02 Å². The van der Waals surface area contributed by atoms with Crippen molar-refractivity contribution in [3.05, 3.63) is 28.8 Å². The number of methoxy groups -OCH3 is 1. The van der Waals surface area contributed by atoms with Gasteiger partial charge in [-0.25, -0.2) is 0 Å². The van der Waals surface area contributed by atoms with Crippen LogP contribution >= 0.6 is 11.6 Å². The Morgan fingerprint density at radius 1 is 1.64 bits per heavy atom. The minimum absolute atomic E-state index is 0.241. The van der Waals surface area contributed by atoms with Crippen LogP contribution in [0.1, 0.15) is 11.6 Å². The molecule has 0 heterocycles. The summed E-state index contributed by atoms with van der Waals surface area (Å²) < 4.78 is 4.94. The van der Waals surface area contributed by atoms with Crippen molar-refractivity contribution in [3.8, 4) is 5.75 Å². The lowest BCUT2D eigenvalue weighted by atomic mass is 10.1. The van der Waals surface area contributed by atoms with Gasteiger partial charge in [0.2, 0.25) is 0 Å². The molecule has 0 bridgehead atoms. The molecule has 0 spiro atoms. The molecule has 1 aromatic carbocycles. The molecule has 1 atom stereocenters. The van der Waals surface area contributed by atoms with Gasteiger partial charge in [-0.2, -0.15) is 0 Å². The van der Waals surface area contributed by atoms with E-state index >= 15 is 0 Å². The minimum atomic E-state index is -1.13. The normalized spacial score (nSPS) is 12.2. The molecular formula is C9H10ClNO3. The Balaban J connectivity index is 3.15. The van der Waals surface area contributed by atoms with Crippen molar-refractivity contribution in [1.82, 2.24) is 0 Å². The van der Waals surface area contributed by atoms with Crippen LogP contribution in [0, 0.1) is 0 Å². The lowest BCUT2D eigenvalue weighted by Crippen LogP contribution is -2.21. The van der Waals surface area contributed by atoms with E-state index in [0.29, 0.717) is 11.3 Å². The SMILES string of the molecule is COc1cccc([C@@H](N)C(=O)O)c1Cl. The number of nitrogens with two attached hydrogens (primary N) is 1. The summed E-state index contributed by atoms with van der Waals surface area (Å²) >= 11 is 5.88. The average Bonchev–Trinajstić information content (AvgIpc) is 2.17. The van der Waals surface area contributed by atoms with Crippen molar-refractivity contribution in [2.75, 3.05) is 7.11 Å². The van der Waals surface area contributed by atoms with Gasteiger partial charge in [-0.15, -0.1) is 0 Å². The summed E-state index contributed by atoms with van der Waals surface area (Å²) in [5.41, 5.74) is 5.77. The zero-order chi connectivity index (χ0) is 10.7. The summed E-state index contributed by atoms with van der Waals surface area (Å²) in [7, 11) is 1.46. The number of ether oxygens (including phenoxy) is 1. The summed E-state index contributed by atoms with van der Waals surface area (Å²) in [4.78, 5) is 10.6. The highest BCUT2D eigenvalue weighted by Gasteiger charge is 2.19. The van der Waals surface area contributed by atoms with Gasteiger partial charge in [0, 0.05) is 5.56 Å². The summed E-state index contributed by atoms with van der Waals surface area (Å²) in [5, 5.41) is 8.94. The Hall–Kier alpha value is -1.26. The van der Waals surface area contributed by atoms with Crippen LogP contribution < -0.4 is 10.5 Å². The number of benzene rings is 1. The number of carboxylic acid groups (broad SMARTS) is 1. The summed E-state index contributed by atoms with van der Waals surface area (Å²) in [6, 6.07) is 3.71. The number of hydrogen-bond donors (Lipinski definition) is 2. The van der Waals surface area contributed by atoms with Crippen LogP contribution in [-0.2, 0) is 4.79 Å². The Labute approximate surface area is 86.2 Å². The Kier molecular flexibility index (Phi) is 3.33. The quantitative estimate of drug-likeness (QED) is 0.800. The predicted octanol–water partition coefficient (Wildman–Crippen LogP) is 1.43. The molecule has 0 aromatic heterocycles. The number of hydrogen-bond acceptors (Lipinski definition) is 3. The third kappa shape index (κ3) is 1.97. The first-order valence-electron chi connectivity index (χ1n) is 3.88. The van der Waals surface area contributed by atoms with Crippen molar-refractivity contribution in [2.45, 2.75) is 6.04 Å². The van der Waals surface area contributed by atoms with Gasteiger partial charge < -0.3 is 15.6 Å². The van der Waals surface area contributed by atoms with Crippen LogP contribution in [0.15, 0.2) is 18.2 Å². The van der Waals surface area contributed by atoms with Gasteiger partial charge in [-0.1, -0.05) is 23.7 Å². The first-order chi connectivity index (χ1) is 6.57. The molecule has 0 aliphatic carbocycles. The molecule has 0 aliphatic rings. The van der Waals surface area contributed by atoms with Crippen LogP contribution in [0.5, 0.6) is 5.75 Å². The fourth-order valence-electron chi connectivity index (χ4n) is 1.06. The molecule has 5 heteroatoms. The van der Waals surface area contributed by atoms with Crippen LogP contribution in [0.3, 0.4) is 0 Å². The van der Waals surface area contributed by atoms with Crippen molar-refractivity contribution < 1.29 is 14.6 Å². The maximum atomic E-state index is 10.6. The lowest BCUT2D eigenvalue weighted by Gasteiger charge is -2.11. The van der Waals surface area contributed by atoms with Crippen LogP contribution in [0.25, 0.3) is 0 Å². The van der Waals surface area contributed by atoms with E-state index < -0.39 is 12.0 Å². The topological polar surface area (TPSA) is 72.5 Å². The molecule has 4 nitrogen and oxygen atoms in total. The lowest BCUT2D eigenvalue weighted by molar-refractivity contribution is -0.138. The van der Waals surface area contributed by atoms with Crippen LogP contribution in [-0.4, -0.2) is 18.2 Å². The van der Waals surface area contributed by atoms with E-state index in [4.69, 9.17) is 27.2 Å². The molecular weight excluding hydrogens is 206 g/mol. The van der Waals surface area contributed by atoms with E-state index in [0.717, 1.165) is 0 Å². The van der Waals surface area contributed by atoms with Crippen molar-refractivity contribution in [1.29, 1.82) is 0 Å². The molecule has 0 fully saturated rings. The number of carbonyl (C=O) groups is 1. The van der Waals surface area contributed by atoms with Crippen molar-refractivity contribution >= 4 is 17.6 Å². The number of halogens is 1. The molecule has 76 valence electrons. The standard InChI is InChI=1S/C9H10ClNO3/c1-14-6-4-2-3-5(7(6)10)8(11)9(12)13/h2-4,8H,11H2,1H3,(H,12,13)/t8-/m1/s1. The summed E-state index contributed by atoms with van der Waals surface area (Å²) in [6.07, 6.45) is 0. The van der Waals surface area contributed by atoms with Crippen LogP contribution in [0.4, 0.5) is 0 Å². The highest BCUT2D eigenvalue weighted by atomic mass is 35.5. The number of rotatable bonds is 3. The van der Waals surface area contributed by atoms with Gasteiger partial charge in [-0.05, 0) is 6.07 Å². The largest absolute Gasteiger partial charge is 0.495 e. The molecule has 0 radical (unpaired) electrons. The predicted molar refractivity (Wildman–Crippen MR) is 52.6 cm³/mol. The number of carboxylic acids is 1. The molecule has 0 saturated carbocycles. The van der Waals surface area contributed by atoms with E-state index in [1.807, 2.05) is 0 Å². The summed E-state index contributed by atoms with van der Waals surface area (Å²) in [6.45, 7) is 0. The van der Waals surface area contributed by atoms with Gasteiger partial charge in [0.1, 0.15) is 11.8 Å². The molecule has 1 rings (SSSR count). The third-order valence-electron chi connectivity index (χ3n) is 1.81. The second kappa shape index (κ2) is 4.30. The van der Waals surface area contributed by atoms with Crippen molar-refractivity contribution in [3.63, 3.8) is 0 Å². The Bertz CT molecular complexity index is 354. The Morgan fingerprint density at radius 3 is 2.79 bits per heavy atom. The molecule has 14 heavy (non-hydrogen) atoms. The molecule has 3 N–H and O–H groups in total. The first kappa shape index (κ1) is 10.8. The third-order valence-corrected chi connectivity index (χ3v) is 2.22. The smallest absolute Gasteiger partial charge is 0.325 e. The fraction of sp³-hybridized carbons (Fsp3) is 0.222. The van der Waals surface area contributed by atoms with E-state index in [1.54, 1.807) is 18.2 Å². The summed E-state index contributed by atoms with van der Waals surface area (Å²) in [5.74, 6) is -0.707. The molecule has 0 aliphatic heterocycles. The van der Waals surface area contributed by atoms with Gasteiger partial charge in [-0.3, -0.25) is 4.79 Å². The van der Waals surface area contributed by atoms with Gasteiger partial charge >= 0.3 is 5.97 Å². The van der Waals surface area contributed by atoms with E-state index in [1.165, 1.54) is 7.11 Å². The van der Waals surface area contributed by atoms with Crippen molar-refractivity contribution in [2.24, 2.45) is 5.73 Å². The second-order valence-electron chi connectivity index (χ2n) is 2.68. The maximum absolute atomic E-state index is 10.6. The van der Waals surface area contributed by atoms with Gasteiger partial charge in [0.25, 0.3) is 0 Å². The van der Waals surface area contributed by atoms with Gasteiger partial charge in [0.05, 0.1) is 12.1 Å².